The number of rotatable bonds is 3. The second-order valence-electron chi connectivity index (χ2n) is 4.60. The largest absolute Gasteiger partial charge is 0.428 e. The highest BCUT2D eigenvalue weighted by Gasteiger charge is 2.22. The van der Waals surface area contributed by atoms with Crippen LogP contribution in [0.5, 0.6) is 0 Å². The van der Waals surface area contributed by atoms with Gasteiger partial charge in [0.1, 0.15) is 11.3 Å². The van der Waals surface area contributed by atoms with Gasteiger partial charge in [0.25, 0.3) is 0 Å². The van der Waals surface area contributed by atoms with Gasteiger partial charge in [-0.1, -0.05) is 12.1 Å². The second-order valence-corrected chi connectivity index (χ2v) is 6.46. The van der Waals surface area contributed by atoms with E-state index in [0.717, 1.165) is 6.07 Å². The zero-order chi connectivity index (χ0) is 15.0. The molecule has 0 fully saturated rings. The molecule has 1 heterocycles. The van der Waals surface area contributed by atoms with E-state index in [1.807, 2.05) is 0 Å². The van der Waals surface area contributed by atoms with Crippen molar-refractivity contribution in [2.24, 2.45) is 0 Å². The Bertz CT molecular complexity index is 919. The summed E-state index contributed by atoms with van der Waals surface area (Å²) in [6, 6.07) is 10.1. The molecule has 2 aromatic carbocycles. The molecule has 0 unspecified atom stereocenters. The number of anilines is 1. The standard InChI is InChI=1S/C14H11FN2O3S/c15-10-3-1-2-9(6-10)8-21(18,19)14-17-12-5-4-11(16)7-13(12)20-14/h1-7H,8,16H2. The Labute approximate surface area is 120 Å². The number of fused-ring (bicyclic) bond motifs is 1. The topological polar surface area (TPSA) is 86.2 Å². The molecule has 0 radical (unpaired) electrons. The number of aromatic nitrogens is 1. The van der Waals surface area contributed by atoms with Gasteiger partial charge in [-0.05, 0) is 29.8 Å². The molecule has 1 aromatic heterocycles. The van der Waals surface area contributed by atoms with Crippen LogP contribution in [0.2, 0.25) is 0 Å². The van der Waals surface area contributed by atoms with Crippen LogP contribution in [0.25, 0.3) is 11.1 Å². The molecule has 3 aromatic rings. The molecular weight excluding hydrogens is 295 g/mol. The predicted molar refractivity (Wildman–Crippen MR) is 75.7 cm³/mol. The normalized spacial score (nSPS) is 11.9. The Morgan fingerprint density at radius 2 is 2.00 bits per heavy atom. The van der Waals surface area contributed by atoms with Crippen molar-refractivity contribution in [2.75, 3.05) is 5.73 Å². The number of benzene rings is 2. The van der Waals surface area contributed by atoms with Gasteiger partial charge in [0.2, 0.25) is 9.84 Å². The van der Waals surface area contributed by atoms with Gasteiger partial charge in [-0.2, -0.15) is 4.98 Å². The highest BCUT2D eigenvalue weighted by molar-refractivity contribution is 7.90. The molecule has 0 aliphatic carbocycles. The molecule has 0 bridgehead atoms. The van der Waals surface area contributed by atoms with Crippen molar-refractivity contribution in [3.8, 4) is 0 Å². The van der Waals surface area contributed by atoms with Crippen LogP contribution in [0.3, 0.4) is 0 Å². The first-order valence-electron chi connectivity index (χ1n) is 6.07. The van der Waals surface area contributed by atoms with Gasteiger partial charge in [-0.3, -0.25) is 0 Å². The fourth-order valence-corrected chi connectivity index (χ4v) is 3.16. The summed E-state index contributed by atoms with van der Waals surface area (Å²) in [5.74, 6) is -0.874. The van der Waals surface area contributed by atoms with Crippen LogP contribution in [0.15, 0.2) is 52.1 Å². The highest BCUT2D eigenvalue weighted by atomic mass is 32.2. The number of sulfone groups is 1. The van der Waals surface area contributed by atoms with Gasteiger partial charge < -0.3 is 10.2 Å². The first-order valence-corrected chi connectivity index (χ1v) is 7.72. The maximum absolute atomic E-state index is 13.1. The number of halogens is 1. The van der Waals surface area contributed by atoms with Crippen LogP contribution >= 0.6 is 0 Å². The lowest BCUT2D eigenvalue weighted by molar-refractivity contribution is 0.458. The summed E-state index contributed by atoms with van der Waals surface area (Å²) in [5, 5.41) is -0.396. The van der Waals surface area contributed by atoms with Crippen molar-refractivity contribution in [1.29, 1.82) is 0 Å². The Kier molecular flexibility index (Phi) is 3.13. The summed E-state index contributed by atoms with van der Waals surface area (Å²) in [5.41, 5.74) is 7.09. The molecule has 21 heavy (non-hydrogen) atoms. The minimum Gasteiger partial charge on any atom is -0.428 e. The number of nitrogens with two attached hydrogens (primary N) is 1. The monoisotopic (exact) mass is 306 g/mol. The lowest BCUT2D eigenvalue weighted by atomic mass is 10.2. The first-order chi connectivity index (χ1) is 9.94. The van der Waals surface area contributed by atoms with Crippen molar-refractivity contribution >= 4 is 26.6 Å². The Morgan fingerprint density at radius 1 is 1.19 bits per heavy atom. The average Bonchev–Trinajstić information content (AvgIpc) is 2.82. The maximum atomic E-state index is 13.1. The van der Waals surface area contributed by atoms with Gasteiger partial charge >= 0.3 is 5.22 Å². The summed E-state index contributed by atoms with van der Waals surface area (Å²) >= 11 is 0. The zero-order valence-electron chi connectivity index (χ0n) is 10.8. The third-order valence-corrected chi connectivity index (χ3v) is 4.32. The van der Waals surface area contributed by atoms with Gasteiger partial charge in [0, 0.05) is 11.8 Å². The van der Waals surface area contributed by atoms with Crippen LogP contribution in [0.4, 0.5) is 10.1 Å². The number of oxazole rings is 1. The van der Waals surface area contributed by atoms with Crippen molar-refractivity contribution in [3.05, 3.63) is 53.8 Å². The third kappa shape index (κ3) is 2.73. The lowest BCUT2D eigenvalue weighted by Gasteiger charge is -2.00. The highest BCUT2D eigenvalue weighted by Crippen LogP contribution is 2.23. The van der Waals surface area contributed by atoms with Gasteiger partial charge in [0.05, 0.1) is 5.75 Å². The van der Waals surface area contributed by atoms with Crippen LogP contribution in [0, 0.1) is 5.82 Å². The molecule has 7 heteroatoms. The first kappa shape index (κ1) is 13.6. The molecule has 0 atom stereocenters. The third-order valence-electron chi connectivity index (χ3n) is 2.90. The van der Waals surface area contributed by atoms with Gasteiger partial charge in [-0.15, -0.1) is 0 Å². The molecule has 0 saturated carbocycles. The molecule has 3 rings (SSSR count). The van der Waals surface area contributed by atoms with Crippen molar-refractivity contribution in [1.82, 2.24) is 4.98 Å². The van der Waals surface area contributed by atoms with Gasteiger partial charge in [-0.25, -0.2) is 12.8 Å². The summed E-state index contributed by atoms with van der Waals surface area (Å²) in [7, 11) is -3.79. The summed E-state index contributed by atoms with van der Waals surface area (Å²) in [4.78, 5) is 3.94. The Morgan fingerprint density at radius 3 is 2.76 bits per heavy atom. The SMILES string of the molecule is Nc1ccc2nc(S(=O)(=O)Cc3cccc(F)c3)oc2c1. The van der Waals surface area contributed by atoms with E-state index < -0.39 is 20.9 Å². The van der Waals surface area contributed by atoms with E-state index in [2.05, 4.69) is 4.98 Å². The van der Waals surface area contributed by atoms with Crippen LogP contribution in [-0.4, -0.2) is 13.4 Å². The number of hydrogen-bond donors (Lipinski definition) is 1. The number of nitrogens with zero attached hydrogens (tertiary/aromatic N) is 1. The van der Waals surface area contributed by atoms with Crippen LogP contribution in [0.1, 0.15) is 5.56 Å². The van der Waals surface area contributed by atoms with Crippen LogP contribution < -0.4 is 5.73 Å². The summed E-state index contributed by atoms with van der Waals surface area (Å²) < 4.78 is 42.9. The van der Waals surface area contributed by atoms with E-state index in [-0.39, 0.29) is 5.75 Å². The molecule has 0 saturated heterocycles. The quantitative estimate of drug-likeness (QED) is 0.751. The van der Waals surface area contributed by atoms with Crippen molar-refractivity contribution in [2.45, 2.75) is 11.0 Å². The van der Waals surface area contributed by atoms with Crippen molar-refractivity contribution < 1.29 is 17.2 Å². The van der Waals surface area contributed by atoms with E-state index >= 15 is 0 Å². The molecule has 5 nitrogen and oxygen atoms in total. The molecule has 108 valence electrons. The van der Waals surface area contributed by atoms with Crippen molar-refractivity contribution in [3.63, 3.8) is 0 Å². The maximum Gasteiger partial charge on any atom is 0.316 e. The van der Waals surface area contributed by atoms with E-state index in [1.165, 1.54) is 24.3 Å². The van der Waals surface area contributed by atoms with Crippen LogP contribution in [-0.2, 0) is 15.6 Å². The average molecular weight is 306 g/mol. The molecular formula is C14H11FN2O3S. The molecule has 0 spiro atoms. The van der Waals surface area contributed by atoms with E-state index in [1.54, 1.807) is 12.1 Å². The summed E-state index contributed by atoms with van der Waals surface area (Å²) in [6.07, 6.45) is 0. The molecule has 0 amide bonds. The number of hydrogen-bond acceptors (Lipinski definition) is 5. The van der Waals surface area contributed by atoms with E-state index in [0.29, 0.717) is 22.4 Å². The minimum absolute atomic E-state index is 0.299. The Balaban J connectivity index is 2.00. The molecule has 0 aliphatic rings. The molecule has 0 aliphatic heterocycles. The minimum atomic E-state index is -3.79. The fourth-order valence-electron chi connectivity index (χ4n) is 1.96. The number of nitrogen functional groups attached to an aromatic ring is 1. The smallest absolute Gasteiger partial charge is 0.316 e. The Hall–Kier alpha value is -2.41. The summed E-state index contributed by atoms with van der Waals surface area (Å²) in [6.45, 7) is 0. The zero-order valence-corrected chi connectivity index (χ0v) is 11.6. The van der Waals surface area contributed by atoms with E-state index in [4.69, 9.17) is 10.2 Å². The fraction of sp³-hybridized carbons (Fsp3) is 0.0714. The molecule has 2 N–H and O–H groups in total. The van der Waals surface area contributed by atoms with Gasteiger partial charge in [0.15, 0.2) is 5.58 Å². The lowest BCUT2D eigenvalue weighted by Crippen LogP contribution is -2.05. The second kappa shape index (κ2) is 4.85. The predicted octanol–water partition coefficient (Wildman–Crippen LogP) is 2.52. The van der Waals surface area contributed by atoms with E-state index in [9.17, 15) is 12.8 Å².